The van der Waals surface area contributed by atoms with Crippen molar-refractivity contribution in [2.75, 3.05) is 4.90 Å². The Kier molecular flexibility index (Phi) is 15.2. The van der Waals surface area contributed by atoms with Crippen LogP contribution >= 0.6 is 11.7 Å². The van der Waals surface area contributed by atoms with Crippen molar-refractivity contribution in [2.24, 2.45) is 0 Å². The van der Waals surface area contributed by atoms with Gasteiger partial charge in [-0.2, -0.15) is 8.75 Å². The van der Waals surface area contributed by atoms with Gasteiger partial charge >= 0.3 is 0 Å². The van der Waals surface area contributed by atoms with E-state index >= 15 is 0 Å². The van der Waals surface area contributed by atoms with Crippen LogP contribution in [0, 0.1) is 6.57 Å². The average Bonchev–Trinajstić information content (AvgIpc) is 1.70. The molecular formula is C91H69N5S. The largest absolute Gasteiger partial charge is 0.309 e. The topological polar surface area (TPSA) is 38.3 Å². The summed E-state index contributed by atoms with van der Waals surface area (Å²) in [6, 6.07) is 112. The Labute approximate surface area is 571 Å². The normalized spacial score (nSPS) is 11.8. The number of fused-ring (bicyclic) bond motifs is 6. The van der Waals surface area contributed by atoms with Crippen LogP contribution in [-0.2, 0) is 10.8 Å². The summed E-state index contributed by atoms with van der Waals surface area (Å²) < 4.78 is 12.7. The van der Waals surface area contributed by atoms with Crippen LogP contribution in [0.4, 0.5) is 17.1 Å². The highest BCUT2D eigenvalue weighted by Gasteiger charge is 2.25. The Morgan fingerprint density at radius 2 is 0.794 bits per heavy atom. The fourth-order valence-electron chi connectivity index (χ4n) is 14.3. The molecule has 0 bridgehead atoms. The van der Waals surface area contributed by atoms with Crippen molar-refractivity contribution in [3.63, 3.8) is 0 Å². The van der Waals surface area contributed by atoms with Crippen LogP contribution in [0.1, 0.15) is 69.4 Å². The van der Waals surface area contributed by atoms with Gasteiger partial charge in [-0.1, -0.05) is 284 Å². The van der Waals surface area contributed by atoms with Crippen molar-refractivity contribution in [3.05, 3.63) is 349 Å². The van der Waals surface area contributed by atoms with Crippen LogP contribution in [0.2, 0.25) is 0 Å². The fraction of sp³-hybridized carbons (Fsp3) is 0.0879. The van der Waals surface area contributed by atoms with E-state index in [9.17, 15) is 0 Å². The summed E-state index contributed by atoms with van der Waals surface area (Å²) in [5, 5.41) is 7.22. The Hall–Kier alpha value is -11.8. The maximum absolute atomic E-state index is 8.70. The lowest BCUT2D eigenvalue weighted by atomic mass is 9.83. The number of aromatic nitrogens is 3. The smallest absolute Gasteiger partial charge is 0.202 e. The molecule has 2 aromatic heterocycles. The number of para-hydroxylation sites is 1. The molecule has 16 rings (SSSR count). The van der Waals surface area contributed by atoms with E-state index in [1.54, 1.807) is 0 Å². The standard InChI is InChI=1S/C91H69N5S/c1-90(2,3)69-44-35-65(36-45-69)84(66-37-46-70(47-38-66)91(4,5)6)87(92-7)67-33-31-60(32-34-67)62-41-50-72(51-42-62)95(71-48-39-61(40-49-71)59-21-11-8-12-22-59)83-56-54-74(88-89(83)94-97-93-88)68-43-55-82-79(57-68)75-27-19-20-30-81(75)96(82)73-52-53-78-80(58-73)86(64-25-15-10-16-26-64)77-29-18-17-28-76(77)85(78)63-23-13-9-14-24-63/h8-58H,1-6H3. The third kappa shape index (κ3) is 11.0. The first kappa shape index (κ1) is 60.2. The Morgan fingerprint density at radius 1 is 0.361 bits per heavy atom. The molecule has 2 heterocycles. The van der Waals surface area contributed by atoms with E-state index in [1.165, 1.54) is 72.0 Å². The molecule has 14 aromatic carbocycles. The van der Waals surface area contributed by atoms with Crippen molar-refractivity contribution in [1.29, 1.82) is 0 Å². The molecule has 0 aliphatic rings. The molecule has 0 spiro atoms. The molecular weight excluding hydrogens is 1200 g/mol. The van der Waals surface area contributed by atoms with Crippen LogP contribution < -0.4 is 4.90 Å². The van der Waals surface area contributed by atoms with E-state index in [-0.39, 0.29) is 10.8 Å². The molecule has 0 saturated heterocycles. The van der Waals surface area contributed by atoms with Crippen LogP contribution in [0.25, 0.3) is 132 Å². The predicted octanol–water partition coefficient (Wildman–Crippen LogP) is 25.3. The molecule has 0 aliphatic carbocycles. The van der Waals surface area contributed by atoms with Gasteiger partial charge in [0.25, 0.3) is 0 Å². The van der Waals surface area contributed by atoms with Gasteiger partial charge in [0.15, 0.2) is 0 Å². The highest BCUT2D eigenvalue weighted by atomic mass is 32.1. The molecule has 5 nitrogen and oxygen atoms in total. The summed E-state index contributed by atoms with van der Waals surface area (Å²) in [4.78, 5) is 6.60. The molecule has 0 saturated carbocycles. The summed E-state index contributed by atoms with van der Waals surface area (Å²) in [7, 11) is 0. The van der Waals surface area contributed by atoms with Gasteiger partial charge in [0.2, 0.25) is 5.70 Å². The second-order valence-corrected chi connectivity index (χ2v) is 27.8. The maximum atomic E-state index is 8.70. The molecule has 6 heteroatoms. The summed E-state index contributed by atoms with van der Waals surface area (Å²) in [5.74, 6) is 0. The molecule has 0 unspecified atom stereocenters. The molecule has 0 atom stereocenters. The van der Waals surface area contributed by atoms with Gasteiger partial charge in [0.05, 0.1) is 35.0 Å². The van der Waals surface area contributed by atoms with Gasteiger partial charge in [-0.3, -0.25) is 0 Å². The van der Waals surface area contributed by atoms with E-state index in [4.69, 9.17) is 15.3 Å². The predicted molar refractivity (Wildman–Crippen MR) is 411 cm³/mol. The lowest BCUT2D eigenvalue weighted by molar-refractivity contribution is 0.590. The van der Waals surface area contributed by atoms with E-state index < -0.39 is 0 Å². The zero-order chi connectivity index (χ0) is 65.9. The quantitative estimate of drug-likeness (QED) is 0.0695. The van der Waals surface area contributed by atoms with Crippen molar-refractivity contribution < 1.29 is 0 Å². The van der Waals surface area contributed by atoms with E-state index in [0.29, 0.717) is 5.70 Å². The minimum atomic E-state index is 0.00360. The Bertz CT molecular complexity index is 5650. The molecule has 0 fully saturated rings. The van der Waals surface area contributed by atoms with Crippen LogP contribution in [-0.4, -0.2) is 13.3 Å². The van der Waals surface area contributed by atoms with Crippen LogP contribution in [0.15, 0.2) is 309 Å². The van der Waals surface area contributed by atoms with Gasteiger partial charge in [0.1, 0.15) is 11.0 Å². The highest BCUT2D eigenvalue weighted by molar-refractivity contribution is 7.00. The number of hydrogen-bond acceptors (Lipinski definition) is 4. The maximum Gasteiger partial charge on any atom is 0.202 e. The van der Waals surface area contributed by atoms with Crippen molar-refractivity contribution in [3.8, 4) is 61.3 Å². The van der Waals surface area contributed by atoms with Gasteiger partial charge in [-0.15, -0.1) is 0 Å². The number of benzene rings is 14. The third-order valence-corrected chi connectivity index (χ3v) is 19.8. The average molecular weight is 1260 g/mol. The van der Waals surface area contributed by atoms with Gasteiger partial charge < -0.3 is 9.47 Å². The van der Waals surface area contributed by atoms with E-state index in [1.807, 2.05) is 0 Å². The van der Waals surface area contributed by atoms with Crippen LogP contribution in [0.3, 0.4) is 0 Å². The molecule has 0 aliphatic heterocycles. The lowest BCUT2D eigenvalue weighted by Crippen LogP contribution is -2.11. The lowest BCUT2D eigenvalue weighted by Gasteiger charge is -2.26. The van der Waals surface area contributed by atoms with E-state index in [2.05, 4.69) is 365 Å². The molecule has 0 radical (unpaired) electrons. The third-order valence-electron chi connectivity index (χ3n) is 19.3. The van der Waals surface area contributed by atoms with Crippen molar-refractivity contribution >= 4 is 94.4 Å². The second-order valence-electron chi connectivity index (χ2n) is 27.3. The summed E-state index contributed by atoms with van der Waals surface area (Å²) in [6.07, 6.45) is 0. The Morgan fingerprint density at radius 3 is 1.33 bits per heavy atom. The Balaban J connectivity index is 0.775. The zero-order valence-electron chi connectivity index (χ0n) is 55.1. The molecule has 464 valence electrons. The van der Waals surface area contributed by atoms with Crippen molar-refractivity contribution in [1.82, 2.24) is 13.3 Å². The zero-order valence-corrected chi connectivity index (χ0v) is 55.9. The molecule has 97 heavy (non-hydrogen) atoms. The first-order chi connectivity index (χ1) is 47.3. The number of nitrogens with zero attached hydrogens (tertiary/aromatic N) is 5. The number of anilines is 3. The number of rotatable bonds is 12. The summed E-state index contributed by atoms with van der Waals surface area (Å²) >= 11 is 1.24. The molecule has 0 N–H and O–H groups in total. The fourth-order valence-corrected chi connectivity index (χ4v) is 14.9. The summed E-state index contributed by atoms with van der Waals surface area (Å²) in [6.45, 7) is 22.1. The van der Waals surface area contributed by atoms with Crippen LogP contribution in [0.5, 0.6) is 0 Å². The summed E-state index contributed by atoms with van der Waals surface area (Å²) in [5.41, 5.74) is 26.3. The molecule has 0 amide bonds. The van der Waals surface area contributed by atoms with Gasteiger partial charge in [-0.25, -0.2) is 4.85 Å². The van der Waals surface area contributed by atoms with Crippen molar-refractivity contribution in [2.45, 2.75) is 52.4 Å². The second kappa shape index (κ2) is 24.5. The number of hydrogen-bond donors (Lipinski definition) is 0. The van der Waals surface area contributed by atoms with Gasteiger partial charge in [-0.05, 0) is 183 Å². The first-order valence-electron chi connectivity index (χ1n) is 33.2. The minimum Gasteiger partial charge on any atom is -0.309 e. The molecule has 16 aromatic rings. The first-order valence-corrected chi connectivity index (χ1v) is 34.0. The van der Waals surface area contributed by atoms with Gasteiger partial charge in [0, 0.05) is 33.4 Å². The SMILES string of the molecule is [C-]#[N+]C(=C(c1ccc(C(C)(C)C)cc1)c1ccc(C(C)(C)C)cc1)c1ccc(-c2ccc(N(c3ccc(-c4ccccc4)cc3)c3ccc(-c4ccc5c(c4)c4ccccc4n5-c4ccc5c(-c6ccccc6)c6ccccc6c(-c6ccccc6)c5c4)c4nsnc34)cc2)cc1. The minimum absolute atomic E-state index is 0.00360. The highest BCUT2D eigenvalue weighted by Crippen LogP contribution is 2.48. The van der Waals surface area contributed by atoms with E-state index in [0.717, 1.165) is 106 Å². The monoisotopic (exact) mass is 1260 g/mol.